The van der Waals surface area contributed by atoms with Crippen LogP contribution < -0.4 is 15.5 Å². The zero-order valence-corrected chi connectivity index (χ0v) is 17.2. The molecule has 0 atom stereocenters. The van der Waals surface area contributed by atoms with E-state index < -0.39 is 5.41 Å². The average Bonchev–Trinajstić information content (AvgIpc) is 3.53. The zero-order valence-electron chi connectivity index (χ0n) is 17.2. The summed E-state index contributed by atoms with van der Waals surface area (Å²) in [4.78, 5) is 27.9. The van der Waals surface area contributed by atoms with Crippen molar-refractivity contribution in [3.05, 3.63) is 54.1 Å². The first-order valence-corrected chi connectivity index (χ1v) is 10.5. The van der Waals surface area contributed by atoms with E-state index >= 15 is 0 Å². The highest BCUT2D eigenvalue weighted by Crippen LogP contribution is 2.47. The molecule has 1 saturated carbocycles. The van der Waals surface area contributed by atoms with Gasteiger partial charge < -0.3 is 15.5 Å². The van der Waals surface area contributed by atoms with Crippen molar-refractivity contribution >= 4 is 28.9 Å². The minimum Gasteiger partial charge on any atom is -0.372 e. The van der Waals surface area contributed by atoms with E-state index in [0.29, 0.717) is 12.8 Å². The summed E-state index contributed by atoms with van der Waals surface area (Å²) >= 11 is 0. The first kappa shape index (κ1) is 19.5. The number of nitrogens with zero attached hydrogens (tertiary/aromatic N) is 1. The average molecular weight is 392 g/mol. The fourth-order valence-electron chi connectivity index (χ4n) is 3.84. The third-order valence-corrected chi connectivity index (χ3v) is 6.20. The predicted molar refractivity (Wildman–Crippen MR) is 117 cm³/mol. The van der Waals surface area contributed by atoms with E-state index in [-0.39, 0.29) is 11.8 Å². The molecule has 1 saturated heterocycles. The lowest BCUT2D eigenvalue weighted by Gasteiger charge is -2.32. The Morgan fingerprint density at radius 1 is 0.862 bits per heavy atom. The second-order valence-corrected chi connectivity index (χ2v) is 8.57. The lowest BCUT2D eigenvalue weighted by Crippen LogP contribution is -2.35. The smallest absolute Gasteiger partial charge is 0.240 e. The Morgan fingerprint density at radius 3 is 1.83 bits per heavy atom. The van der Waals surface area contributed by atoms with Gasteiger partial charge in [0, 0.05) is 30.2 Å². The van der Waals surface area contributed by atoms with E-state index in [0.717, 1.165) is 35.9 Å². The summed E-state index contributed by atoms with van der Waals surface area (Å²) in [6.07, 6.45) is 3.61. The molecule has 1 heterocycles. The molecule has 2 N–H and O–H groups in total. The molecule has 1 aliphatic heterocycles. The predicted octanol–water partition coefficient (Wildman–Crippen LogP) is 4.59. The number of hydrogen-bond acceptors (Lipinski definition) is 3. The number of piperidine rings is 1. The highest BCUT2D eigenvalue weighted by molar-refractivity contribution is 6.16. The molecular weight excluding hydrogens is 362 g/mol. The Bertz CT molecular complexity index is 877. The van der Waals surface area contributed by atoms with E-state index in [4.69, 9.17) is 0 Å². The molecule has 0 bridgehead atoms. The molecule has 2 aliphatic rings. The normalized spacial score (nSPS) is 18.2. The fraction of sp³-hybridized carbons (Fsp3) is 0.417. The van der Waals surface area contributed by atoms with Gasteiger partial charge in [-0.25, -0.2) is 0 Å². The van der Waals surface area contributed by atoms with Crippen molar-refractivity contribution in [2.45, 2.75) is 39.5 Å². The molecule has 2 aromatic rings. The lowest BCUT2D eigenvalue weighted by molar-refractivity contribution is -0.131. The van der Waals surface area contributed by atoms with Crippen LogP contribution >= 0.6 is 0 Å². The van der Waals surface area contributed by atoms with Crippen LogP contribution in [0, 0.1) is 18.3 Å². The van der Waals surface area contributed by atoms with Gasteiger partial charge in [-0.3, -0.25) is 9.59 Å². The quantitative estimate of drug-likeness (QED) is 0.733. The maximum absolute atomic E-state index is 12.8. The largest absolute Gasteiger partial charge is 0.372 e. The molecule has 152 valence electrons. The molecule has 4 rings (SSSR count). The second-order valence-electron chi connectivity index (χ2n) is 8.57. The minimum atomic E-state index is -0.952. The van der Waals surface area contributed by atoms with Crippen molar-refractivity contribution in [1.82, 2.24) is 0 Å². The number of benzene rings is 2. The topological polar surface area (TPSA) is 61.4 Å². The molecule has 2 amide bonds. The second kappa shape index (κ2) is 7.90. The van der Waals surface area contributed by atoms with E-state index in [1.54, 1.807) is 0 Å². The van der Waals surface area contributed by atoms with Crippen LogP contribution in [0.15, 0.2) is 48.5 Å². The van der Waals surface area contributed by atoms with Crippen molar-refractivity contribution in [3.63, 3.8) is 0 Å². The number of anilines is 3. The van der Waals surface area contributed by atoms with E-state index in [2.05, 4.69) is 34.6 Å². The maximum atomic E-state index is 12.8. The van der Waals surface area contributed by atoms with Crippen molar-refractivity contribution in [2.75, 3.05) is 28.6 Å². The van der Waals surface area contributed by atoms with Crippen molar-refractivity contribution in [1.29, 1.82) is 0 Å². The van der Waals surface area contributed by atoms with Gasteiger partial charge in [0.15, 0.2) is 0 Å². The van der Waals surface area contributed by atoms with Crippen LogP contribution in [-0.2, 0) is 9.59 Å². The molecule has 2 aromatic carbocycles. The molecular formula is C24H29N3O2. The SMILES string of the molecule is Cc1ccc(NC(=O)C2(C(=O)Nc3ccc(N4CCC(C)CC4)cc3)CC2)cc1. The molecule has 0 aromatic heterocycles. The van der Waals surface area contributed by atoms with Gasteiger partial charge in [-0.15, -0.1) is 0 Å². The van der Waals surface area contributed by atoms with Gasteiger partial charge in [-0.2, -0.15) is 0 Å². The van der Waals surface area contributed by atoms with Gasteiger partial charge in [0.2, 0.25) is 11.8 Å². The Hall–Kier alpha value is -2.82. The van der Waals surface area contributed by atoms with Crippen LogP contribution in [0.1, 0.15) is 38.2 Å². The number of nitrogens with one attached hydrogen (secondary N) is 2. The fourth-order valence-corrected chi connectivity index (χ4v) is 3.84. The summed E-state index contributed by atoms with van der Waals surface area (Å²) in [5, 5.41) is 5.83. The highest BCUT2D eigenvalue weighted by Gasteiger charge is 2.56. The lowest BCUT2D eigenvalue weighted by atomic mass is 9.99. The van der Waals surface area contributed by atoms with Crippen LogP contribution in [-0.4, -0.2) is 24.9 Å². The summed E-state index contributed by atoms with van der Waals surface area (Å²) in [5.41, 5.74) is 2.82. The van der Waals surface area contributed by atoms with Crippen molar-refractivity contribution in [2.24, 2.45) is 11.3 Å². The van der Waals surface area contributed by atoms with Gasteiger partial charge in [0.25, 0.3) is 0 Å². The summed E-state index contributed by atoms with van der Waals surface area (Å²) in [7, 11) is 0. The van der Waals surface area contributed by atoms with Crippen molar-refractivity contribution in [3.8, 4) is 0 Å². The standard InChI is InChI=1S/C24H29N3O2/c1-17-3-5-19(6-4-17)25-22(28)24(13-14-24)23(29)26-20-7-9-21(10-8-20)27-15-11-18(2)12-16-27/h3-10,18H,11-16H2,1-2H3,(H,25,28)(H,26,29). The van der Waals surface area contributed by atoms with Crippen LogP contribution in [0.5, 0.6) is 0 Å². The van der Waals surface area contributed by atoms with E-state index in [1.165, 1.54) is 18.5 Å². The summed E-state index contributed by atoms with van der Waals surface area (Å²) in [6, 6.07) is 15.6. The van der Waals surface area contributed by atoms with Crippen LogP contribution in [0.2, 0.25) is 0 Å². The molecule has 0 unspecified atom stereocenters. The summed E-state index contributed by atoms with van der Waals surface area (Å²) in [5.74, 6) is 0.352. The van der Waals surface area contributed by atoms with Crippen LogP contribution in [0.4, 0.5) is 17.1 Å². The van der Waals surface area contributed by atoms with Gasteiger partial charge in [0.05, 0.1) is 0 Å². The molecule has 1 aliphatic carbocycles. The molecule has 5 heteroatoms. The summed E-state index contributed by atoms with van der Waals surface area (Å²) < 4.78 is 0. The number of hydrogen-bond donors (Lipinski definition) is 2. The Morgan fingerprint density at radius 2 is 1.34 bits per heavy atom. The third-order valence-electron chi connectivity index (χ3n) is 6.20. The van der Waals surface area contributed by atoms with Crippen LogP contribution in [0.25, 0.3) is 0 Å². The van der Waals surface area contributed by atoms with Gasteiger partial charge in [0.1, 0.15) is 5.41 Å². The zero-order chi connectivity index (χ0) is 20.4. The Balaban J connectivity index is 1.37. The summed E-state index contributed by atoms with van der Waals surface area (Å²) in [6.45, 7) is 6.46. The maximum Gasteiger partial charge on any atom is 0.240 e. The number of carbonyl (C=O) groups excluding carboxylic acids is 2. The Labute approximate surface area is 172 Å². The molecule has 29 heavy (non-hydrogen) atoms. The number of rotatable bonds is 5. The number of amides is 2. The van der Waals surface area contributed by atoms with Gasteiger partial charge >= 0.3 is 0 Å². The van der Waals surface area contributed by atoms with E-state index in [9.17, 15) is 9.59 Å². The third kappa shape index (κ3) is 4.29. The van der Waals surface area contributed by atoms with Gasteiger partial charge in [-0.1, -0.05) is 24.6 Å². The minimum absolute atomic E-state index is 0.221. The Kier molecular flexibility index (Phi) is 5.31. The van der Waals surface area contributed by atoms with Crippen molar-refractivity contribution < 1.29 is 9.59 Å². The number of carbonyl (C=O) groups is 2. The number of aryl methyl sites for hydroxylation is 1. The van der Waals surface area contributed by atoms with Crippen LogP contribution in [0.3, 0.4) is 0 Å². The van der Waals surface area contributed by atoms with Gasteiger partial charge in [-0.05, 0) is 74.9 Å². The molecule has 2 fully saturated rings. The first-order chi connectivity index (χ1) is 14.0. The first-order valence-electron chi connectivity index (χ1n) is 10.5. The van der Waals surface area contributed by atoms with E-state index in [1.807, 2.05) is 43.3 Å². The monoisotopic (exact) mass is 391 g/mol. The molecule has 5 nitrogen and oxygen atoms in total. The molecule has 0 radical (unpaired) electrons. The molecule has 0 spiro atoms. The highest BCUT2D eigenvalue weighted by atomic mass is 16.2.